The van der Waals surface area contributed by atoms with Crippen LogP contribution in [0.15, 0.2) is 6.07 Å². The van der Waals surface area contributed by atoms with Crippen LogP contribution in [0.25, 0.3) is 0 Å². The second-order valence-electron chi connectivity index (χ2n) is 6.31. The number of carbonyl (C=O) groups is 1. The molecule has 1 fully saturated rings. The molecule has 2 heterocycles. The monoisotopic (exact) mass is 300 g/mol. The molecule has 0 spiro atoms. The fraction of sp³-hybridized carbons (Fsp3) is 0.714. The van der Waals surface area contributed by atoms with Gasteiger partial charge in [-0.2, -0.15) is 5.10 Å². The number of rotatable bonds is 2. The first kappa shape index (κ1) is 17.0. The molecule has 6 heteroatoms. The fourth-order valence-electron chi connectivity index (χ4n) is 2.36. The normalized spacial score (nSPS) is 16.6. The van der Waals surface area contributed by atoms with Crippen molar-refractivity contribution < 1.29 is 4.79 Å². The zero-order valence-corrected chi connectivity index (χ0v) is 13.5. The lowest BCUT2D eigenvalue weighted by Gasteiger charge is -2.31. The molecule has 1 aromatic heterocycles. The van der Waals surface area contributed by atoms with Crippen molar-refractivity contribution in [1.29, 1.82) is 0 Å². The van der Waals surface area contributed by atoms with Gasteiger partial charge in [-0.25, -0.2) is 0 Å². The lowest BCUT2D eigenvalue weighted by atomic mass is 9.92. The molecule has 0 unspecified atom stereocenters. The summed E-state index contributed by atoms with van der Waals surface area (Å²) in [4.78, 5) is 14.2. The maximum absolute atomic E-state index is 12.4. The Hall–Kier alpha value is -1.07. The van der Waals surface area contributed by atoms with E-state index < -0.39 is 0 Å². The number of aromatic amines is 1. The Morgan fingerprint density at radius 1 is 1.35 bits per heavy atom. The molecule has 0 saturated carbocycles. The van der Waals surface area contributed by atoms with E-state index in [9.17, 15) is 4.79 Å². The number of nitrogens with zero attached hydrogens (tertiary/aromatic N) is 2. The van der Waals surface area contributed by atoms with Crippen LogP contribution < -0.4 is 5.32 Å². The number of H-pyrrole nitrogens is 1. The number of amides is 1. The van der Waals surface area contributed by atoms with Crippen LogP contribution in [0, 0.1) is 0 Å². The first-order valence-corrected chi connectivity index (χ1v) is 6.93. The first-order valence-electron chi connectivity index (χ1n) is 6.93. The highest BCUT2D eigenvalue weighted by Crippen LogP contribution is 2.21. The summed E-state index contributed by atoms with van der Waals surface area (Å²) in [7, 11) is 1.88. The summed E-state index contributed by atoms with van der Waals surface area (Å²) in [6.07, 6.45) is 2.03. The topological polar surface area (TPSA) is 61.0 Å². The molecule has 20 heavy (non-hydrogen) atoms. The van der Waals surface area contributed by atoms with E-state index in [1.165, 1.54) is 0 Å². The van der Waals surface area contributed by atoms with Gasteiger partial charge in [-0.05, 0) is 32.0 Å². The van der Waals surface area contributed by atoms with Crippen molar-refractivity contribution in [3.05, 3.63) is 17.5 Å². The van der Waals surface area contributed by atoms with Crippen molar-refractivity contribution in [2.24, 2.45) is 0 Å². The summed E-state index contributed by atoms with van der Waals surface area (Å²) in [5.74, 6) is 0.0126. The minimum absolute atomic E-state index is 0. The summed E-state index contributed by atoms with van der Waals surface area (Å²) >= 11 is 0. The van der Waals surface area contributed by atoms with E-state index in [1.54, 1.807) is 0 Å². The van der Waals surface area contributed by atoms with Gasteiger partial charge in [0.1, 0.15) is 5.69 Å². The van der Waals surface area contributed by atoms with Crippen molar-refractivity contribution in [2.75, 3.05) is 20.1 Å². The number of hydrogen-bond acceptors (Lipinski definition) is 3. The molecule has 0 radical (unpaired) electrons. The van der Waals surface area contributed by atoms with Gasteiger partial charge in [0.25, 0.3) is 5.91 Å². The molecule has 0 bridgehead atoms. The zero-order chi connectivity index (χ0) is 14.0. The Labute approximate surface area is 126 Å². The van der Waals surface area contributed by atoms with Crippen LogP contribution in [0.4, 0.5) is 0 Å². The van der Waals surface area contributed by atoms with Crippen LogP contribution in [0.1, 0.15) is 49.8 Å². The summed E-state index contributed by atoms with van der Waals surface area (Å²) in [6.45, 7) is 8.27. The van der Waals surface area contributed by atoms with Gasteiger partial charge >= 0.3 is 0 Å². The molecule has 2 N–H and O–H groups in total. The highest BCUT2D eigenvalue weighted by molar-refractivity contribution is 5.92. The third-order valence-corrected chi connectivity index (χ3v) is 3.78. The molecular weight excluding hydrogens is 276 g/mol. The molecule has 1 saturated heterocycles. The lowest BCUT2D eigenvalue weighted by molar-refractivity contribution is 0.0697. The predicted octanol–water partition coefficient (Wildman–Crippen LogP) is 1.95. The number of nitrogens with one attached hydrogen (secondary N) is 2. The average Bonchev–Trinajstić information content (AvgIpc) is 2.87. The summed E-state index contributed by atoms with van der Waals surface area (Å²) in [6, 6.07) is 2.20. The third kappa shape index (κ3) is 3.73. The van der Waals surface area contributed by atoms with E-state index in [0.717, 1.165) is 31.6 Å². The largest absolute Gasteiger partial charge is 0.337 e. The minimum atomic E-state index is -0.0150. The van der Waals surface area contributed by atoms with E-state index in [0.29, 0.717) is 11.7 Å². The standard InChI is InChI=1S/C14H24N4O.ClH/c1-14(2,3)12-9-11(16-17-12)13(19)18(4)10-5-7-15-8-6-10;/h9-10,15H,5-8H2,1-4H3,(H,16,17);1H. The van der Waals surface area contributed by atoms with E-state index in [4.69, 9.17) is 0 Å². The van der Waals surface area contributed by atoms with Gasteiger partial charge in [0.05, 0.1) is 0 Å². The quantitative estimate of drug-likeness (QED) is 0.877. The Morgan fingerprint density at radius 3 is 2.45 bits per heavy atom. The van der Waals surface area contributed by atoms with Crippen molar-refractivity contribution in [3.8, 4) is 0 Å². The second-order valence-corrected chi connectivity index (χ2v) is 6.31. The maximum Gasteiger partial charge on any atom is 0.274 e. The molecule has 1 amide bonds. The first-order chi connectivity index (χ1) is 8.89. The Balaban J connectivity index is 0.00000200. The summed E-state index contributed by atoms with van der Waals surface area (Å²) in [5.41, 5.74) is 1.50. The van der Waals surface area contributed by atoms with Crippen molar-refractivity contribution in [1.82, 2.24) is 20.4 Å². The van der Waals surface area contributed by atoms with Gasteiger partial charge in [0.15, 0.2) is 0 Å². The Bertz CT molecular complexity index is 446. The predicted molar refractivity (Wildman–Crippen MR) is 82.5 cm³/mol. The molecule has 1 aromatic rings. The van der Waals surface area contributed by atoms with Gasteiger partial charge < -0.3 is 10.2 Å². The van der Waals surface area contributed by atoms with Crippen molar-refractivity contribution in [2.45, 2.75) is 45.1 Å². The highest BCUT2D eigenvalue weighted by Gasteiger charge is 2.26. The number of piperidine rings is 1. The van der Waals surface area contributed by atoms with Gasteiger partial charge in [0.2, 0.25) is 0 Å². The molecule has 5 nitrogen and oxygen atoms in total. The molecule has 2 rings (SSSR count). The Kier molecular flexibility index (Phi) is 5.59. The smallest absolute Gasteiger partial charge is 0.274 e. The Morgan fingerprint density at radius 2 is 1.95 bits per heavy atom. The molecule has 0 atom stereocenters. The van der Waals surface area contributed by atoms with Crippen LogP contribution in [-0.2, 0) is 5.41 Å². The van der Waals surface area contributed by atoms with Gasteiger partial charge in [-0.3, -0.25) is 9.89 Å². The van der Waals surface area contributed by atoms with Crippen molar-refractivity contribution in [3.63, 3.8) is 0 Å². The van der Waals surface area contributed by atoms with Crippen LogP contribution in [0.2, 0.25) is 0 Å². The number of aromatic nitrogens is 2. The molecule has 1 aliphatic heterocycles. The average molecular weight is 301 g/mol. The SMILES string of the molecule is CN(C(=O)c1cc(C(C)(C)C)[nH]n1)C1CCNCC1.Cl. The highest BCUT2D eigenvalue weighted by atomic mass is 35.5. The van der Waals surface area contributed by atoms with E-state index in [2.05, 4.69) is 36.3 Å². The number of carbonyl (C=O) groups excluding carboxylic acids is 1. The van der Waals surface area contributed by atoms with Crippen molar-refractivity contribution >= 4 is 18.3 Å². The number of hydrogen-bond donors (Lipinski definition) is 2. The minimum Gasteiger partial charge on any atom is -0.337 e. The molecular formula is C14H25ClN4O. The van der Waals surface area contributed by atoms with Gasteiger partial charge in [-0.1, -0.05) is 20.8 Å². The van der Waals surface area contributed by atoms with Gasteiger partial charge in [0, 0.05) is 24.2 Å². The summed E-state index contributed by atoms with van der Waals surface area (Å²) < 4.78 is 0. The van der Waals surface area contributed by atoms with Crippen LogP contribution >= 0.6 is 12.4 Å². The van der Waals surface area contributed by atoms with E-state index in [-0.39, 0.29) is 23.7 Å². The maximum atomic E-state index is 12.4. The fourth-order valence-corrected chi connectivity index (χ4v) is 2.36. The molecule has 114 valence electrons. The van der Waals surface area contributed by atoms with Gasteiger partial charge in [-0.15, -0.1) is 12.4 Å². The molecule has 0 aliphatic carbocycles. The number of halogens is 1. The molecule has 1 aliphatic rings. The van der Waals surface area contributed by atoms with E-state index in [1.807, 2.05) is 18.0 Å². The summed E-state index contributed by atoms with van der Waals surface area (Å²) in [5, 5.41) is 10.5. The van der Waals surface area contributed by atoms with Crippen LogP contribution in [0.3, 0.4) is 0 Å². The van der Waals surface area contributed by atoms with Crippen LogP contribution in [0.5, 0.6) is 0 Å². The van der Waals surface area contributed by atoms with E-state index >= 15 is 0 Å². The zero-order valence-electron chi connectivity index (χ0n) is 12.7. The third-order valence-electron chi connectivity index (χ3n) is 3.78. The van der Waals surface area contributed by atoms with Crippen LogP contribution in [-0.4, -0.2) is 47.2 Å². The second kappa shape index (κ2) is 6.59. The molecule has 0 aromatic carbocycles. The lowest BCUT2D eigenvalue weighted by Crippen LogP contribution is -2.44.